The van der Waals surface area contributed by atoms with Crippen molar-refractivity contribution in [2.45, 2.75) is 26.8 Å². The third-order valence-electron chi connectivity index (χ3n) is 4.75. The maximum Gasteiger partial charge on any atom is 0.255 e. The molecule has 3 heterocycles. The Morgan fingerprint density at radius 3 is 2.86 bits per heavy atom. The Labute approximate surface area is 163 Å². The summed E-state index contributed by atoms with van der Waals surface area (Å²) in [5.74, 6) is 0.929. The second-order valence-electron chi connectivity index (χ2n) is 7.05. The first-order valence-electron chi connectivity index (χ1n) is 9.20. The van der Waals surface area contributed by atoms with Crippen LogP contribution in [-0.2, 0) is 13.0 Å². The van der Waals surface area contributed by atoms with Crippen LogP contribution in [0.25, 0.3) is 0 Å². The maximum atomic E-state index is 12.8. The molecule has 0 fully saturated rings. The molecule has 3 aromatic rings. The van der Waals surface area contributed by atoms with E-state index in [4.69, 9.17) is 5.73 Å². The number of amides is 1. The molecule has 1 aromatic carbocycles. The average molecular weight is 374 g/mol. The van der Waals surface area contributed by atoms with Crippen molar-refractivity contribution in [3.63, 3.8) is 0 Å². The number of nitrogens with one attached hydrogen (secondary N) is 1. The summed E-state index contributed by atoms with van der Waals surface area (Å²) in [6.07, 6.45) is 2.54. The zero-order valence-electron chi connectivity index (χ0n) is 15.9. The molecule has 0 unspecified atom stereocenters. The average Bonchev–Trinajstić information content (AvgIpc) is 2.67. The van der Waals surface area contributed by atoms with Gasteiger partial charge in [-0.1, -0.05) is 12.1 Å². The molecule has 28 heavy (non-hydrogen) atoms. The highest BCUT2D eigenvalue weighted by molar-refractivity contribution is 6.04. The number of anilines is 3. The number of pyridine rings is 1. The number of carbonyl (C=O) groups is 1. The number of nitrogens with two attached hydrogens (primary N) is 1. The van der Waals surface area contributed by atoms with Gasteiger partial charge in [0.15, 0.2) is 0 Å². The van der Waals surface area contributed by atoms with Crippen LogP contribution in [0, 0.1) is 13.8 Å². The molecule has 0 bridgehead atoms. The van der Waals surface area contributed by atoms with Crippen molar-refractivity contribution in [3.8, 4) is 0 Å². The summed E-state index contributed by atoms with van der Waals surface area (Å²) >= 11 is 0. The Morgan fingerprint density at radius 1 is 1.18 bits per heavy atom. The van der Waals surface area contributed by atoms with Gasteiger partial charge in [0.05, 0.1) is 5.69 Å². The summed E-state index contributed by atoms with van der Waals surface area (Å²) in [6.45, 7) is 5.30. The van der Waals surface area contributed by atoms with Crippen molar-refractivity contribution in [1.29, 1.82) is 0 Å². The fourth-order valence-corrected chi connectivity index (χ4v) is 3.40. The molecule has 3 N–H and O–H groups in total. The third kappa shape index (κ3) is 3.78. The lowest BCUT2D eigenvalue weighted by molar-refractivity contribution is 0.102. The molecule has 1 aliphatic heterocycles. The van der Waals surface area contributed by atoms with Crippen molar-refractivity contribution >= 4 is 23.4 Å². The number of hydrogen-bond acceptors (Lipinski definition) is 6. The fourth-order valence-electron chi connectivity index (χ4n) is 3.40. The minimum atomic E-state index is -0.147. The molecule has 1 amide bonds. The van der Waals surface area contributed by atoms with Crippen LogP contribution in [0.3, 0.4) is 0 Å². The summed E-state index contributed by atoms with van der Waals surface area (Å²) in [7, 11) is 0. The minimum Gasteiger partial charge on any atom is -0.368 e. The van der Waals surface area contributed by atoms with E-state index in [1.807, 2.05) is 44.2 Å². The van der Waals surface area contributed by atoms with Gasteiger partial charge in [-0.3, -0.25) is 4.79 Å². The lowest BCUT2D eigenvalue weighted by Gasteiger charge is -2.29. The first kappa shape index (κ1) is 17.9. The predicted molar refractivity (Wildman–Crippen MR) is 109 cm³/mol. The zero-order valence-corrected chi connectivity index (χ0v) is 15.9. The van der Waals surface area contributed by atoms with Crippen LogP contribution in [0.15, 0.2) is 42.6 Å². The third-order valence-corrected chi connectivity index (χ3v) is 4.75. The molecule has 142 valence electrons. The van der Waals surface area contributed by atoms with Crippen LogP contribution in [-0.4, -0.2) is 27.4 Å². The van der Waals surface area contributed by atoms with Gasteiger partial charge in [-0.05, 0) is 43.7 Å². The van der Waals surface area contributed by atoms with E-state index in [0.29, 0.717) is 18.1 Å². The lowest BCUT2D eigenvalue weighted by Crippen LogP contribution is -2.32. The Morgan fingerprint density at radius 2 is 2.04 bits per heavy atom. The summed E-state index contributed by atoms with van der Waals surface area (Å²) in [5.41, 5.74) is 11.0. The van der Waals surface area contributed by atoms with E-state index in [0.717, 1.165) is 47.0 Å². The normalized spacial score (nSPS) is 13.1. The van der Waals surface area contributed by atoms with Gasteiger partial charge in [-0.15, -0.1) is 0 Å². The van der Waals surface area contributed by atoms with E-state index in [9.17, 15) is 4.79 Å². The first-order chi connectivity index (χ1) is 13.5. The van der Waals surface area contributed by atoms with Crippen LogP contribution in [0.5, 0.6) is 0 Å². The number of benzene rings is 1. The molecule has 7 nitrogen and oxygen atoms in total. The number of carbonyl (C=O) groups excluding carboxylic acids is 1. The van der Waals surface area contributed by atoms with Gasteiger partial charge in [0.2, 0.25) is 5.95 Å². The highest BCUT2D eigenvalue weighted by atomic mass is 16.1. The molecule has 2 aromatic heterocycles. The Kier molecular flexibility index (Phi) is 4.65. The molecule has 0 saturated heterocycles. The summed E-state index contributed by atoms with van der Waals surface area (Å²) in [5, 5.41) is 2.96. The second kappa shape index (κ2) is 7.26. The minimum absolute atomic E-state index is 0.147. The van der Waals surface area contributed by atoms with E-state index in [1.165, 1.54) is 0 Å². The number of rotatable bonds is 3. The van der Waals surface area contributed by atoms with Crippen LogP contribution in [0.4, 0.5) is 17.5 Å². The molecular formula is C21H22N6O. The quantitative estimate of drug-likeness (QED) is 0.732. The van der Waals surface area contributed by atoms with Crippen LogP contribution in [0.1, 0.15) is 32.9 Å². The van der Waals surface area contributed by atoms with Gasteiger partial charge in [0, 0.05) is 48.2 Å². The highest BCUT2D eigenvalue weighted by Crippen LogP contribution is 2.24. The largest absolute Gasteiger partial charge is 0.368 e. The Hall–Kier alpha value is -3.48. The molecule has 0 radical (unpaired) electrons. The van der Waals surface area contributed by atoms with Crippen molar-refractivity contribution in [1.82, 2.24) is 15.0 Å². The SMILES string of the molecule is Cc1cccc(NC(=O)c2cc(C)nc(N3CCc4nc(N)ncc4C3)c2)c1. The molecule has 0 saturated carbocycles. The number of fused-ring (bicyclic) bond motifs is 1. The predicted octanol–water partition coefficient (Wildman–Crippen LogP) is 2.89. The van der Waals surface area contributed by atoms with Gasteiger partial charge in [-0.2, -0.15) is 0 Å². The Balaban J connectivity index is 1.57. The molecule has 0 aliphatic carbocycles. The second-order valence-corrected chi connectivity index (χ2v) is 7.05. The number of hydrogen-bond donors (Lipinski definition) is 2. The highest BCUT2D eigenvalue weighted by Gasteiger charge is 2.21. The summed E-state index contributed by atoms with van der Waals surface area (Å²) in [6, 6.07) is 11.4. The van der Waals surface area contributed by atoms with Crippen LogP contribution in [0.2, 0.25) is 0 Å². The monoisotopic (exact) mass is 374 g/mol. The van der Waals surface area contributed by atoms with E-state index in [2.05, 4.69) is 25.2 Å². The van der Waals surface area contributed by atoms with Gasteiger partial charge >= 0.3 is 0 Å². The van der Waals surface area contributed by atoms with Crippen LogP contribution >= 0.6 is 0 Å². The Bertz CT molecular complexity index is 1050. The maximum absolute atomic E-state index is 12.8. The smallest absolute Gasteiger partial charge is 0.255 e. The van der Waals surface area contributed by atoms with E-state index in [1.54, 1.807) is 12.3 Å². The van der Waals surface area contributed by atoms with Crippen LogP contribution < -0.4 is 16.0 Å². The summed E-state index contributed by atoms with van der Waals surface area (Å²) < 4.78 is 0. The van der Waals surface area contributed by atoms with Gasteiger partial charge < -0.3 is 16.0 Å². The lowest BCUT2D eigenvalue weighted by atomic mass is 10.1. The fraction of sp³-hybridized carbons (Fsp3) is 0.238. The van der Waals surface area contributed by atoms with Crippen molar-refractivity contribution in [3.05, 3.63) is 70.7 Å². The van der Waals surface area contributed by atoms with Crippen molar-refractivity contribution in [2.75, 3.05) is 22.5 Å². The standard InChI is InChI=1S/C21H22N6O/c1-13-4-3-5-17(8-13)25-20(28)15-9-14(2)24-19(10-15)27-7-6-18-16(12-27)11-23-21(22)26-18/h3-5,8-11H,6-7,12H2,1-2H3,(H,25,28)(H2,22,23,26). The van der Waals surface area contributed by atoms with Gasteiger partial charge in [0.1, 0.15) is 5.82 Å². The van der Waals surface area contributed by atoms with Gasteiger partial charge in [-0.25, -0.2) is 15.0 Å². The molecule has 0 atom stereocenters. The number of aromatic nitrogens is 3. The zero-order chi connectivity index (χ0) is 19.7. The van der Waals surface area contributed by atoms with E-state index >= 15 is 0 Å². The van der Waals surface area contributed by atoms with Gasteiger partial charge in [0.25, 0.3) is 5.91 Å². The summed E-state index contributed by atoms with van der Waals surface area (Å²) in [4.78, 5) is 27.9. The molecule has 0 spiro atoms. The van der Waals surface area contributed by atoms with Crippen molar-refractivity contribution in [2.24, 2.45) is 0 Å². The number of nitrogen functional groups attached to an aromatic ring is 1. The number of nitrogens with zero attached hydrogens (tertiary/aromatic N) is 4. The first-order valence-corrected chi connectivity index (χ1v) is 9.20. The molecule has 4 rings (SSSR count). The molecular weight excluding hydrogens is 352 g/mol. The van der Waals surface area contributed by atoms with Crippen molar-refractivity contribution < 1.29 is 4.79 Å². The number of aryl methyl sites for hydroxylation is 2. The van der Waals surface area contributed by atoms with E-state index in [-0.39, 0.29) is 5.91 Å². The molecule has 7 heteroatoms. The molecule has 1 aliphatic rings. The topological polar surface area (TPSA) is 97.0 Å². The van der Waals surface area contributed by atoms with E-state index < -0.39 is 0 Å².